The van der Waals surface area contributed by atoms with Crippen molar-refractivity contribution in [3.8, 4) is 23.0 Å². The fourth-order valence-electron chi connectivity index (χ4n) is 2.31. The van der Waals surface area contributed by atoms with Crippen molar-refractivity contribution >= 4 is 27.8 Å². The zero-order valence-electron chi connectivity index (χ0n) is 13.2. The summed E-state index contributed by atoms with van der Waals surface area (Å²) in [5.41, 5.74) is 1.34. The van der Waals surface area contributed by atoms with Gasteiger partial charge in [-0.05, 0) is 48.0 Å². The van der Waals surface area contributed by atoms with Gasteiger partial charge in [0, 0.05) is 10.0 Å². The van der Waals surface area contributed by atoms with E-state index in [-0.39, 0.29) is 12.6 Å². The minimum absolute atomic E-state index is 0.130. The second-order valence-electron chi connectivity index (χ2n) is 4.99. The third-order valence-corrected chi connectivity index (χ3v) is 4.26. The second-order valence-corrected chi connectivity index (χ2v) is 5.85. The third kappa shape index (κ3) is 3.23. The second kappa shape index (κ2) is 6.97. The van der Waals surface area contributed by atoms with E-state index in [2.05, 4.69) is 15.9 Å². The molecule has 0 amide bonds. The fourth-order valence-corrected chi connectivity index (χ4v) is 2.76. The maximum atomic E-state index is 12.4. The van der Waals surface area contributed by atoms with E-state index in [4.69, 9.17) is 18.9 Å². The molecule has 0 saturated carbocycles. The van der Waals surface area contributed by atoms with Crippen LogP contribution in [0.1, 0.15) is 15.9 Å². The van der Waals surface area contributed by atoms with Crippen LogP contribution < -0.4 is 18.9 Å². The van der Waals surface area contributed by atoms with Gasteiger partial charge in [-0.2, -0.15) is 0 Å². The summed E-state index contributed by atoms with van der Waals surface area (Å²) in [6, 6.07) is 8.72. The fraction of sp³-hybridized carbons (Fsp3) is 0.167. The Labute approximate surface area is 147 Å². The van der Waals surface area contributed by atoms with Crippen LogP contribution in [0.25, 0.3) is 6.08 Å². The molecule has 0 atom stereocenters. The first-order chi connectivity index (χ1) is 11.6. The lowest BCUT2D eigenvalue weighted by Crippen LogP contribution is -1.95. The molecule has 0 radical (unpaired) electrons. The summed E-state index contributed by atoms with van der Waals surface area (Å²) < 4.78 is 21.8. The van der Waals surface area contributed by atoms with Gasteiger partial charge in [-0.15, -0.1) is 0 Å². The molecular formula is C18H15BrO5. The molecule has 1 aliphatic rings. The van der Waals surface area contributed by atoms with Crippen LogP contribution >= 0.6 is 15.9 Å². The lowest BCUT2D eigenvalue weighted by atomic mass is 10.1. The predicted octanol–water partition coefficient (Wildman–Crippen LogP) is 4.09. The maximum Gasteiger partial charge on any atom is 0.231 e. The lowest BCUT2D eigenvalue weighted by Gasteiger charge is -2.09. The molecule has 0 aliphatic carbocycles. The van der Waals surface area contributed by atoms with Crippen LogP contribution in [0.4, 0.5) is 0 Å². The van der Waals surface area contributed by atoms with Crippen molar-refractivity contribution in [2.45, 2.75) is 0 Å². The van der Waals surface area contributed by atoms with Crippen LogP contribution in [0.15, 0.2) is 40.9 Å². The van der Waals surface area contributed by atoms with Crippen molar-refractivity contribution in [1.82, 2.24) is 0 Å². The minimum Gasteiger partial charge on any atom is -0.493 e. The number of carbonyl (C=O) groups excluding carboxylic acids is 1. The van der Waals surface area contributed by atoms with Gasteiger partial charge in [0.1, 0.15) is 0 Å². The zero-order valence-corrected chi connectivity index (χ0v) is 14.8. The Morgan fingerprint density at radius 3 is 2.54 bits per heavy atom. The van der Waals surface area contributed by atoms with Gasteiger partial charge in [0.2, 0.25) is 6.79 Å². The largest absolute Gasteiger partial charge is 0.493 e. The Morgan fingerprint density at radius 1 is 1.08 bits per heavy atom. The molecule has 0 saturated heterocycles. The van der Waals surface area contributed by atoms with E-state index >= 15 is 0 Å². The van der Waals surface area contributed by atoms with Gasteiger partial charge in [0.25, 0.3) is 0 Å². The average Bonchev–Trinajstić information content (AvgIpc) is 3.07. The molecule has 2 aromatic carbocycles. The Kier molecular flexibility index (Phi) is 4.76. The Morgan fingerprint density at radius 2 is 1.79 bits per heavy atom. The number of hydrogen-bond acceptors (Lipinski definition) is 5. The van der Waals surface area contributed by atoms with Gasteiger partial charge in [-0.25, -0.2) is 0 Å². The first kappa shape index (κ1) is 16.4. The summed E-state index contributed by atoms with van der Waals surface area (Å²) in [4.78, 5) is 12.4. The van der Waals surface area contributed by atoms with Crippen LogP contribution in [-0.2, 0) is 0 Å². The Bertz CT molecular complexity index is 813. The van der Waals surface area contributed by atoms with Crippen LogP contribution in [0.3, 0.4) is 0 Å². The molecule has 6 heteroatoms. The van der Waals surface area contributed by atoms with Gasteiger partial charge in [0.15, 0.2) is 28.8 Å². The van der Waals surface area contributed by atoms with Crippen LogP contribution in [0, 0.1) is 0 Å². The molecule has 3 rings (SSSR count). The number of allylic oxidation sites excluding steroid dienone is 1. The normalized spacial score (nSPS) is 12.5. The van der Waals surface area contributed by atoms with E-state index in [1.165, 1.54) is 6.08 Å². The molecule has 124 valence electrons. The van der Waals surface area contributed by atoms with E-state index in [0.29, 0.717) is 28.6 Å². The van der Waals surface area contributed by atoms with Crippen molar-refractivity contribution in [3.63, 3.8) is 0 Å². The lowest BCUT2D eigenvalue weighted by molar-refractivity contribution is 0.104. The Balaban J connectivity index is 1.84. The topological polar surface area (TPSA) is 54.0 Å². The molecule has 0 bridgehead atoms. The van der Waals surface area contributed by atoms with Gasteiger partial charge >= 0.3 is 0 Å². The monoisotopic (exact) mass is 390 g/mol. The molecule has 24 heavy (non-hydrogen) atoms. The number of ether oxygens (including phenoxy) is 4. The van der Waals surface area contributed by atoms with Gasteiger partial charge < -0.3 is 18.9 Å². The summed E-state index contributed by atoms with van der Waals surface area (Å²) in [5.74, 6) is 2.31. The molecule has 0 fully saturated rings. The maximum absolute atomic E-state index is 12.4. The summed E-state index contributed by atoms with van der Waals surface area (Å²) in [5, 5.41) is 0. The highest BCUT2D eigenvalue weighted by Crippen LogP contribution is 2.34. The van der Waals surface area contributed by atoms with Crippen molar-refractivity contribution in [1.29, 1.82) is 0 Å². The van der Waals surface area contributed by atoms with E-state index < -0.39 is 0 Å². The van der Waals surface area contributed by atoms with Gasteiger partial charge in [-0.1, -0.05) is 15.9 Å². The third-order valence-electron chi connectivity index (χ3n) is 3.57. The highest BCUT2D eigenvalue weighted by molar-refractivity contribution is 9.10. The summed E-state index contributed by atoms with van der Waals surface area (Å²) in [7, 11) is 3.14. The Hall–Kier alpha value is -2.47. The number of rotatable bonds is 5. The minimum atomic E-state index is -0.130. The smallest absolute Gasteiger partial charge is 0.231 e. The predicted molar refractivity (Wildman–Crippen MR) is 93.2 cm³/mol. The average molecular weight is 391 g/mol. The first-order valence-corrected chi connectivity index (χ1v) is 7.95. The number of ketones is 1. The van der Waals surface area contributed by atoms with Crippen LogP contribution in [-0.4, -0.2) is 26.8 Å². The van der Waals surface area contributed by atoms with E-state index in [0.717, 1.165) is 10.0 Å². The number of halogens is 1. The zero-order chi connectivity index (χ0) is 17.1. The van der Waals surface area contributed by atoms with Gasteiger partial charge in [-0.3, -0.25) is 4.79 Å². The number of benzene rings is 2. The van der Waals surface area contributed by atoms with E-state index in [9.17, 15) is 4.79 Å². The number of carbonyl (C=O) groups is 1. The van der Waals surface area contributed by atoms with Crippen LogP contribution in [0.5, 0.6) is 23.0 Å². The van der Waals surface area contributed by atoms with Gasteiger partial charge in [0.05, 0.1) is 14.2 Å². The molecule has 5 nitrogen and oxygen atoms in total. The summed E-state index contributed by atoms with van der Waals surface area (Å²) in [6.45, 7) is 0.182. The summed E-state index contributed by atoms with van der Waals surface area (Å²) in [6.07, 6.45) is 3.22. The molecule has 0 spiro atoms. The highest BCUT2D eigenvalue weighted by atomic mass is 79.9. The first-order valence-electron chi connectivity index (χ1n) is 7.16. The number of hydrogen-bond donors (Lipinski definition) is 0. The molecule has 2 aromatic rings. The molecule has 1 aliphatic heterocycles. The van der Waals surface area contributed by atoms with Crippen molar-refractivity contribution in [2.24, 2.45) is 0 Å². The molecule has 0 N–H and O–H groups in total. The molecular weight excluding hydrogens is 376 g/mol. The highest BCUT2D eigenvalue weighted by Gasteiger charge is 2.15. The SMILES string of the molecule is COc1cc(Br)c(/C=C/C(=O)c2ccc3c(c2)OCO3)cc1OC. The van der Waals surface area contributed by atoms with Crippen molar-refractivity contribution < 1.29 is 23.7 Å². The van der Waals surface area contributed by atoms with Crippen LogP contribution in [0.2, 0.25) is 0 Å². The van der Waals surface area contributed by atoms with Crippen molar-refractivity contribution in [3.05, 3.63) is 52.0 Å². The molecule has 0 unspecified atom stereocenters. The standard InChI is InChI=1S/C18H15BrO5/c1-21-16-7-11(13(19)9-17(16)22-2)3-5-14(20)12-4-6-15-18(8-12)24-10-23-15/h3-9H,10H2,1-2H3/b5-3+. The van der Waals surface area contributed by atoms with Crippen molar-refractivity contribution in [2.75, 3.05) is 21.0 Å². The van der Waals surface area contributed by atoms with E-state index in [1.54, 1.807) is 50.6 Å². The number of fused-ring (bicyclic) bond motifs is 1. The quantitative estimate of drug-likeness (QED) is 0.568. The summed E-state index contributed by atoms with van der Waals surface area (Å²) >= 11 is 3.46. The number of methoxy groups -OCH3 is 2. The van der Waals surface area contributed by atoms with E-state index in [1.807, 2.05) is 0 Å². The molecule has 0 aromatic heterocycles. The molecule has 1 heterocycles.